The third-order valence-corrected chi connectivity index (χ3v) is 5.51. The fourth-order valence-corrected chi connectivity index (χ4v) is 3.75. The van der Waals surface area contributed by atoms with E-state index in [4.69, 9.17) is 4.42 Å². The number of esters is 1. The van der Waals surface area contributed by atoms with Crippen LogP contribution in [0.4, 0.5) is 0 Å². The van der Waals surface area contributed by atoms with E-state index in [1.807, 2.05) is 6.92 Å². The number of ether oxygens (including phenoxy) is 1. The standard InChI is InChI=1S/C17H22N2O5S/c1-3-4-8-11-19(25(21,22)14-9-6-5-7-10-14)12-16-18-15(13-24-16)17(20)23-2/h5-7,9-10,13H,3-4,8,11-12H2,1-2H3. The van der Waals surface area contributed by atoms with Gasteiger partial charge in [0.2, 0.25) is 15.9 Å². The van der Waals surface area contributed by atoms with Crippen molar-refractivity contribution in [2.45, 2.75) is 37.6 Å². The van der Waals surface area contributed by atoms with Crippen molar-refractivity contribution in [3.05, 3.63) is 48.2 Å². The second-order valence-electron chi connectivity index (χ2n) is 5.48. The van der Waals surface area contributed by atoms with Gasteiger partial charge in [-0.1, -0.05) is 38.0 Å². The molecule has 8 heteroatoms. The molecule has 0 radical (unpaired) electrons. The molecular formula is C17H22N2O5S. The molecule has 0 atom stereocenters. The minimum absolute atomic E-state index is 0.0168. The zero-order valence-electron chi connectivity index (χ0n) is 14.3. The van der Waals surface area contributed by atoms with E-state index in [1.165, 1.54) is 17.7 Å². The van der Waals surface area contributed by atoms with Crippen molar-refractivity contribution in [1.29, 1.82) is 0 Å². The molecule has 25 heavy (non-hydrogen) atoms. The fraction of sp³-hybridized carbons (Fsp3) is 0.412. The van der Waals surface area contributed by atoms with E-state index in [0.29, 0.717) is 6.54 Å². The van der Waals surface area contributed by atoms with Crippen LogP contribution in [-0.4, -0.2) is 37.3 Å². The summed E-state index contributed by atoms with van der Waals surface area (Å²) in [4.78, 5) is 15.7. The SMILES string of the molecule is CCCCCN(Cc1nc(C(=O)OC)co1)S(=O)(=O)c1ccccc1. The molecule has 1 aromatic heterocycles. The lowest BCUT2D eigenvalue weighted by molar-refractivity contribution is 0.0594. The minimum Gasteiger partial charge on any atom is -0.464 e. The Morgan fingerprint density at radius 1 is 1.24 bits per heavy atom. The normalized spacial score (nSPS) is 11.6. The Kier molecular flexibility index (Phi) is 6.72. The number of sulfonamides is 1. The number of hydrogen-bond acceptors (Lipinski definition) is 6. The van der Waals surface area contributed by atoms with Crippen LogP contribution in [0, 0.1) is 0 Å². The highest BCUT2D eigenvalue weighted by Gasteiger charge is 2.26. The van der Waals surface area contributed by atoms with Gasteiger partial charge in [-0.3, -0.25) is 0 Å². The highest BCUT2D eigenvalue weighted by atomic mass is 32.2. The third kappa shape index (κ3) is 4.90. The van der Waals surface area contributed by atoms with E-state index in [-0.39, 0.29) is 23.0 Å². The number of nitrogens with zero attached hydrogens (tertiary/aromatic N) is 2. The van der Waals surface area contributed by atoms with E-state index in [1.54, 1.807) is 30.3 Å². The van der Waals surface area contributed by atoms with E-state index < -0.39 is 16.0 Å². The monoisotopic (exact) mass is 366 g/mol. The van der Waals surface area contributed by atoms with E-state index in [9.17, 15) is 13.2 Å². The summed E-state index contributed by atoms with van der Waals surface area (Å²) in [5, 5.41) is 0. The molecule has 0 bridgehead atoms. The number of benzene rings is 1. The average molecular weight is 366 g/mol. The quantitative estimate of drug-likeness (QED) is 0.501. The number of unbranched alkanes of at least 4 members (excludes halogenated alkanes) is 2. The number of methoxy groups -OCH3 is 1. The first-order valence-electron chi connectivity index (χ1n) is 8.07. The molecule has 1 heterocycles. The Bertz CT molecular complexity index is 786. The van der Waals surface area contributed by atoms with Gasteiger partial charge in [0.05, 0.1) is 18.6 Å². The lowest BCUT2D eigenvalue weighted by Gasteiger charge is -2.20. The molecule has 0 saturated heterocycles. The lowest BCUT2D eigenvalue weighted by Crippen LogP contribution is -2.31. The summed E-state index contributed by atoms with van der Waals surface area (Å²) in [6.45, 7) is 2.35. The second kappa shape index (κ2) is 8.77. The highest BCUT2D eigenvalue weighted by Crippen LogP contribution is 2.19. The van der Waals surface area contributed by atoms with Crippen LogP contribution >= 0.6 is 0 Å². The van der Waals surface area contributed by atoms with Gasteiger partial charge in [0.1, 0.15) is 6.26 Å². The molecule has 0 amide bonds. The number of hydrogen-bond donors (Lipinski definition) is 0. The number of oxazole rings is 1. The Morgan fingerprint density at radius 3 is 2.60 bits per heavy atom. The van der Waals surface area contributed by atoms with Gasteiger partial charge in [-0.15, -0.1) is 0 Å². The van der Waals surface area contributed by atoms with Crippen LogP contribution in [0.1, 0.15) is 42.6 Å². The van der Waals surface area contributed by atoms with Gasteiger partial charge in [0, 0.05) is 6.54 Å². The summed E-state index contributed by atoms with van der Waals surface area (Å²) in [6.07, 6.45) is 3.79. The maximum atomic E-state index is 12.9. The van der Waals surface area contributed by atoms with Crippen LogP contribution in [0.2, 0.25) is 0 Å². The van der Waals surface area contributed by atoms with Crippen molar-refractivity contribution in [2.75, 3.05) is 13.7 Å². The molecule has 0 unspecified atom stereocenters. The molecule has 7 nitrogen and oxygen atoms in total. The van der Waals surface area contributed by atoms with Crippen LogP contribution < -0.4 is 0 Å². The van der Waals surface area contributed by atoms with Crippen LogP contribution in [0.5, 0.6) is 0 Å². The van der Waals surface area contributed by atoms with Crippen molar-refractivity contribution in [2.24, 2.45) is 0 Å². The van der Waals surface area contributed by atoms with Crippen LogP contribution in [-0.2, 0) is 21.3 Å². The van der Waals surface area contributed by atoms with Crippen LogP contribution in [0.15, 0.2) is 45.9 Å². The first-order valence-corrected chi connectivity index (χ1v) is 9.51. The van der Waals surface area contributed by atoms with Gasteiger partial charge < -0.3 is 9.15 Å². The Balaban J connectivity index is 2.23. The van der Waals surface area contributed by atoms with E-state index in [2.05, 4.69) is 9.72 Å². The molecule has 2 aromatic rings. The summed E-state index contributed by atoms with van der Waals surface area (Å²) in [5.41, 5.74) is 0.0168. The second-order valence-corrected chi connectivity index (χ2v) is 7.41. The van der Waals surface area contributed by atoms with E-state index in [0.717, 1.165) is 19.3 Å². The predicted octanol–water partition coefficient (Wildman–Crippen LogP) is 2.84. The number of aromatic nitrogens is 1. The van der Waals surface area contributed by atoms with Crippen molar-refractivity contribution < 1.29 is 22.4 Å². The summed E-state index contributed by atoms with van der Waals surface area (Å²) < 4.78 is 36.9. The molecule has 0 fully saturated rings. The minimum atomic E-state index is -3.68. The topological polar surface area (TPSA) is 89.7 Å². The fourth-order valence-electron chi connectivity index (χ4n) is 2.30. The van der Waals surface area contributed by atoms with Crippen molar-refractivity contribution in [1.82, 2.24) is 9.29 Å². The number of rotatable bonds is 9. The molecule has 0 N–H and O–H groups in total. The van der Waals surface area contributed by atoms with Crippen LogP contribution in [0.3, 0.4) is 0 Å². The number of carbonyl (C=O) groups excluding carboxylic acids is 1. The summed E-state index contributed by atoms with van der Waals surface area (Å²) in [5.74, 6) is -0.477. The van der Waals surface area contributed by atoms with Crippen molar-refractivity contribution in [3.8, 4) is 0 Å². The average Bonchev–Trinajstić information content (AvgIpc) is 3.09. The van der Waals surface area contributed by atoms with Crippen LogP contribution in [0.25, 0.3) is 0 Å². The highest BCUT2D eigenvalue weighted by molar-refractivity contribution is 7.89. The Morgan fingerprint density at radius 2 is 1.96 bits per heavy atom. The van der Waals surface area contributed by atoms with Gasteiger partial charge in [0.25, 0.3) is 0 Å². The zero-order chi connectivity index (χ0) is 18.3. The van der Waals surface area contributed by atoms with Crippen molar-refractivity contribution in [3.63, 3.8) is 0 Å². The summed E-state index contributed by atoms with van der Waals surface area (Å²) in [6, 6.07) is 8.22. The maximum Gasteiger partial charge on any atom is 0.360 e. The van der Waals surface area contributed by atoms with Gasteiger partial charge in [-0.25, -0.2) is 18.2 Å². The molecule has 1 aromatic carbocycles. The molecule has 136 valence electrons. The molecule has 0 aliphatic carbocycles. The Hall–Kier alpha value is -2.19. The molecule has 0 saturated carbocycles. The lowest BCUT2D eigenvalue weighted by atomic mass is 10.2. The van der Waals surface area contributed by atoms with E-state index >= 15 is 0 Å². The summed E-state index contributed by atoms with van der Waals surface area (Å²) >= 11 is 0. The van der Waals surface area contributed by atoms with Crippen molar-refractivity contribution >= 4 is 16.0 Å². The molecule has 0 aliphatic heterocycles. The first-order chi connectivity index (χ1) is 12.0. The molecule has 0 spiro atoms. The molecular weight excluding hydrogens is 344 g/mol. The third-order valence-electron chi connectivity index (χ3n) is 3.65. The smallest absolute Gasteiger partial charge is 0.360 e. The Labute approximate surface area is 147 Å². The largest absolute Gasteiger partial charge is 0.464 e. The van der Waals surface area contributed by atoms with Gasteiger partial charge >= 0.3 is 5.97 Å². The summed E-state index contributed by atoms with van der Waals surface area (Å²) in [7, 11) is -2.44. The maximum absolute atomic E-state index is 12.9. The molecule has 2 rings (SSSR count). The van der Waals surface area contributed by atoms with Gasteiger partial charge in [0.15, 0.2) is 5.69 Å². The molecule has 0 aliphatic rings. The van der Waals surface area contributed by atoms with Gasteiger partial charge in [-0.05, 0) is 18.6 Å². The zero-order valence-corrected chi connectivity index (χ0v) is 15.2. The predicted molar refractivity (Wildman–Crippen MR) is 91.4 cm³/mol. The first kappa shape index (κ1) is 19.1. The van der Waals surface area contributed by atoms with Gasteiger partial charge in [-0.2, -0.15) is 4.31 Å². The number of carbonyl (C=O) groups is 1.